The molecule has 1 aliphatic rings. The van der Waals surface area contributed by atoms with Gasteiger partial charge in [0.05, 0.1) is 38.3 Å². The van der Waals surface area contributed by atoms with E-state index < -0.39 is 12.1 Å². The highest BCUT2D eigenvalue weighted by Gasteiger charge is 2.35. The Morgan fingerprint density at radius 1 is 1.04 bits per heavy atom. The van der Waals surface area contributed by atoms with Crippen LogP contribution in [0.2, 0.25) is 0 Å². The van der Waals surface area contributed by atoms with E-state index in [-0.39, 0.29) is 18.0 Å². The number of hydrogen-bond donors (Lipinski definition) is 0. The van der Waals surface area contributed by atoms with Crippen LogP contribution in [0.1, 0.15) is 11.1 Å². The molecule has 2 aromatic rings. The first-order valence-corrected chi connectivity index (χ1v) is 7.90. The maximum Gasteiger partial charge on any atom is 0.573 e. The van der Waals surface area contributed by atoms with Gasteiger partial charge in [0.1, 0.15) is 11.5 Å². The molecule has 142 valence electrons. The van der Waals surface area contributed by atoms with Crippen molar-refractivity contribution < 1.29 is 32.2 Å². The highest BCUT2D eigenvalue weighted by molar-refractivity contribution is 6.32. The molecule has 27 heavy (non-hydrogen) atoms. The fourth-order valence-electron chi connectivity index (χ4n) is 2.84. The van der Waals surface area contributed by atoms with Crippen molar-refractivity contribution in [3.8, 4) is 11.5 Å². The van der Waals surface area contributed by atoms with E-state index in [0.717, 1.165) is 5.56 Å². The topological polar surface area (TPSA) is 48.0 Å². The first-order valence-electron chi connectivity index (χ1n) is 7.90. The van der Waals surface area contributed by atoms with E-state index in [1.807, 2.05) is 12.1 Å². The standard InChI is InChI=1S/C19H16F3NO4/c1-25-11-16-15-9-14(27-19(20,21)22)7-8-17(15)23(18(16)24)10-12-3-5-13(26-2)6-4-12/h3-9,11H,10H2,1-2H3/b16-11-. The zero-order valence-electron chi connectivity index (χ0n) is 14.5. The number of anilines is 1. The van der Waals surface area contributed by atoms with Gasteiger partial charge in [0.25, 0.3) is 5.91 Å². The van der Waals surface area contributed by atoms with Gasteiger partial charge in [0, 0.05) is 5.56 Å². The summed E-state index contributed by atoms with van der Waals surface area (Å²) in [5, 5.41) is 0. The van der Waals surface area contributed by atoms with Crippen LogP contribution in [0.25, 0.3) is 5.57 Å². The molecule has 0 radical (unpaired) electrons. The number of carbonyl (C=O) groups is 1. The van der Waals surface area contributed by atoms with E-state index in [1.165, 1.54) is 36.5 Å². The van der Waals surface area contributed by atoms with E-state index in [4.69, 9.17) is 9.47 Å². The monoisotopic (exact) mass is 379 g/mol. The van der Waals surface area contributed by atoms with Crippen molar-refractivity contribution in [1.29, 1.82) is 0 Å². The van der Waals surface area contributed by atoms with E-state index in [1.54, 1.807) is 19.2 Å². The summed E-state index contributed by atoms with van der Waals surface area (Å²) in [6.45, 7) is 0.246. The van der Waals surface area contributed by atoms with Crippen LogP contribution in [0.15, 0.2) is 48.7 Å². The number of hydrogen-bond acceptors (Lipinski definition) is 4. The summed E-state index contributed by atoms with van der Waals surface area (Å²) in [7, 11) is 2.92. The van der Waals surface area contributed by atoms with Crippen LogP contribution in [0.3, 0.4) is 0 Å². The van der Waals surface area contributed by atoms with Gasteiger partial charge in [-0.2, -0.15) is 0 Å². The van der Waals surface area contributed by atoms with Crippen molar-refractivity contribution in [1.82, 2.24) is 0 Å². The van der Waals surface area contributed by atoms with E-state index in [0.29, 0.717) is 17.0 Å². The maximum atomic E-state index is 12.8. The minimum absolute atomic E-state index is 0.161. The number of amides is 1. The molecule has 0 atom stereocenters. The molecular formula is C19H16F3NO4. The van der Waals surface area contributed by atoms with Gasteiger partial charge in [-0.05, 0) is 35.9 Å². The lowest BCUT2D eigenvalue weighted by molar-refractivity contribution is -0.274. The number of carbonyl (C=O) groups excluding carboxylic acids is 1. The molecule has 5 nitrogen and oxygen atoms in total. The van der Waals surface area contributed by atoms with E-state index >= 15 is 0 Å². The summed E-state index contributed by atoms with van der Waals surface area (Å²) in [6.07, 6.45) is -3.60. The minimum atomic E-state index is -4.81. The second-order valence-electron chi connectivity index (χ2n) is 5.73. The average Bonchev–Trinajstić information content (AvgIpc) is 2.87. The van der Waals surface area contributed by atoms with Crippen molar-refractivity contribution in [3.05, 3.63) is 59.9 Å². The van der Waals surface area contributed by atoms with Crippen molar-refractivity contribution in [2.45, 2.75) is 12.9 Å². The molecule has 3 rings (SSSR count). The highest BCUT2D eigenvalue weighted by Crippen LogP contribution is 2.40. The van der Waals surface area contributed by atoms with E-state index in [2.05, 4.69) is 4.74 Å². The average molecular weight is 379 g/mol. The molecule has 8 heteroatoms. The molecule has 0 N–H and O–H groups in total. The molecule has 0 aromatic heterocycles. The molecule has 1 heterocycles. The van der Waals surface area contributed by atoms with Gasteiger partial charge in [-0.3, -0.25) is 4.79 Å². The zero-order chi connectivity index (χ0) is 19.6. The molecule has 0 aliphatic carbocycles. The summed E-state index contributed by atoms with van der Waals surface area (Å²) in [4.78, 5) is 14.2. The second-order valence-corrected chi connectivity index (χ2v) is 5.73. The third-order valence-corrected chi connectivity index (χ3v) is 3.99. The van der Waals surface area contributed by atoms with Gasteiger partial charge < -0.3 is 19.1 Å². The number of methoxy groups -OCH3 is 2. The normalized spacial score (nSPS) is 15.1. The SMILES string of the molecule is CO/C=C1\C(=O)N(Cc2ccc(OC)cc2)c2ccc(OC(F)(F)F)cc21. The highest BCUT2D eigenvalue weighted by atomic mass is 19.4. The maximum absolute atomic E-state index is 12.8. The summed E-state index contributed by atoms with van der Waals surface area (Å²) in [5.41, 5.74) is 1.80. The number of rotatable bonds is 5. The van der Waals surface area contributed by atoms with Gasteiger partial charge in [-0.25, -0.2) is 0 Å². The van der Waals surface area contributed by atoms with E-state index in [9.17, 15) is 18.0 Å². The Morgan fingerprint density at radius 3 is 2.30 bits per heavy atom. The lowest BCUT2D eigenvalue weighted by Gasteiger charge is -2.18. The molecule has 0 spiro atoms. The van der Waals surface area contributed by atoms with Crippen molar-refractivity contribution >= 4 is 17.2 Å². The van der Waals surface area contributed by atoms with Crippen molar-refractivity contribution in [2.24, 2.45) is 0 Å². The van der Waals surface area contributed by atoms with Crippen molar-refractivity contribution in [2.75, 3.05) is 19.1 Å². The predicted octanol–water partition coefficient (Wildman–Crippen LogP) is 4.13. The van der Waals surface area contributed by atoms with Crippen LogP contribution in [-0.2, 0) is 16.1 Å². The summed E-state index contributed by atoms with van der Waals surface area (Å²) in [6, 6.07) is 10.9. The molecule has 0 saturated heterocycles. The summed E-state index contributed by atoms with van der Waals surface area (Å²) < 4.78 is 51.5. The summed E-state index contributed by atoms with van der Waals surface area (Å²) >= 11 is 0. The number of benzene rings is 2. The molecule has 1 aliphatic heterocycles. The Hall–Kier alpha value is -3.16. The Labute approximate surface area is 153 Å². The zero-order valence-corrected chi connectivity index (χ0v) is 14.5. The van der Waals surface area contributed by atoms with Crippen molar-refractivity contribution in [3.63, 3.8) is 0 Å². The van der Waals surface area contributed by atoms with Crippen LogP contribution >= 0.6 is 0 Å². The van der Waals surface area contributed by atoms with Gasteiger partial charge >= 0.3 is 6.36 Å². The third kappa shape index (κ3) is 3.99. The predicted molar refractivity (Wildman–Crippen MR) is 92.3 cm³/mol. The molecule has 0 saturated carbocycles. The van der Waals surface area contributed by atoms with Crippen LogP contribution in [-0.4, -0.2) is 26.5 Å². The number of fused-ring (bicyclic) bond motifs is 1. The number of alkyl halides is 3. The van der Waals surface area contributed by atoms with Gasteiger partial charge in [-0.15, -0.1) is 13.2 Å². The molecule has 0 unspecified atom stereocenters. The molecule has 0 bridgehead atoms. The Morgan fingerprint density at radius 2 is 1.70 bits per heavy atom. The molecule has 0 fully saturated rings. The third-order valence-electron chi connectivity index (χ3n) is 3.99. The molecular weight excluding hydrogens is 363 g/mol. The van der Waals surface area contributed by atoms with Crippen LogP contribution in [0, 0.1) is 0 Å². The fraction of sp³-hybridized carbons (Fsp3) is 0.211. The minimum Gasteiger partial charge on any atom is -0.504 e. The Kier molecular flexibility index (Phi) is 4.98. The lowest BCUT2D eigenvalue weighted by atomic mass is 10.1. The quantitative estimate of drug-likeness (QED) is 0.579. The van der Waals surface area contributed by atoms with Gasteiger partial charge in [0.15, 0.2) is 0 Å². The number of ether oxygens (including phenoxy) is 3. The first kappa shape index (κ1) is 18.6. The fourth-order valence-corrected chi connectivity index (χ4v) is 2.84. The molecule has 1 amide bonds. The lowest BCUT2D eigenvalue weighted by Crippen LogP contribution is -2.25. The second kappa shape index (κ2) is 7.22. The largest absolute Gasteiger partial charge is 0.573 e. The van der Waals surface area contributed by atoms with Crippen LogP contribution in [0.4, 0.5) is 18.9 Å². The van der Waals surface area contributed by atoms with Crippen LogP contribution < -0.4 is 14.4 Å². The number of halogens is 3. The number of nitrogens with zero attached hydrogens (tertiary/aromatic N) is 1. The summed E-state index contributed by atoms with van der Waals surface area (Å²) in [5.74, 6) is -0.0880. The van der Waals surface area contributed by atoms with Gasteiger partial charge in [-0.1, -0.05) is 12.1 Å². The molecule has 2 aromatic carbocycles. The smallest absolute Gasteiger partial charge is 0.504 e. The Bertz CT molecular complexity index is 876. The van der Waals surface area contributed by atoms with Gasteiger partial charge in [0.2, 0.25) is 0 Å². The Balaban J connectivity index is 1.95. The first-order chi connectivity index (χ1) is 12.8. The van der Waals surface area contributed by atoms with Crippen LogP contribution in [0.5, 0.6) is 11.5 Å².